The van der Waals surface area contributed by atoms with E-state index in [1.54, 1.807) is 30.1 Å². The molecular weight excluding hydrogens is 260 g/mol. The smallest absolute Gasteiger partial charge is 0.337 e. The maximum absolute atomic E-state index is 12.2. The van der Waals surface area contributed by atoms with Crippen LogP contribution in [0.5, 0.6) is 0 Å². The Balaban J connectivity index is 2.05. The van der Waals surface area contributed by atoms with Crippen LogP contribution in [0.4, 0.5) is 10.5 Å². The van der Waals surface area contributed by atoms with Crippen molar-refractivity contribution in [2.45, 2.75) is 18.9 Å². The molecule has 0 bridgehead atoms. The minimum absolute atomic E-state index is 0.0845. The Kier molecular flexibility index (Phi) is 4.57. The predicted molar refractivity (Wildman–Crippen MR) is 74.0 cm³/mol. The van der Waals surface area contributed by atoms with Gasteiger partial charge in [0.1, 0.15) is 0 Å². The highest BCUT2D eigenvalue weighted by Gasteiger charge is 2.23. The maximum atomic E-state index is 12.2. The quantitative estimate of drug-likeness (QED) is 0.886. The molecule has 0 spiro atoms. The highest BCUT2D eigenvalue weighted by atomic mass is 16.5. The molecule has 1 aromatic rings. The second kappa shape index (κ2) is 6.38. The summed E-state index contributed by atoms with van der Waals surface area (Å²) in [4.78, 5) is 24.9. The predicted octanol–water partition coefficient (Wildman–Crippen LogP) is 2.03. The van der Waals surface area contributed by atoms with E-state index < -0.39 is 5.97 Å². The number of nitrogens with one attached hydrogen (secondary N) is 1. The van der Waals surface area contributed by atoms with Crippen LogP contribution in [-0.4, -0.2) is 48.3 Å². The van der Waals surface area contributed by atoms with Crippen LogP contribution in [0.2, 0.25) is 0 Å². The van der Waals surface area contributed by atoms with Crippen molar-refractivity contribution >= 4 is 17.7 Å². The van der Waals surface area contributed by atoms with E-state index in [2.05, 4.69) is 5.32 Å². The minimum Gasteiger partial charge on any atom is -0.478 e. The average molecular weight is 278 g/mol. The Labute approximate surface area is 117 Å². The molecule has 2 rings (SSSR count). The molecule has 0 aromatic heterocycles. The number of carboxylic acids is 1. The zero-order valence-corrected chi connectivity index (χ0v) is 11.3. The van der Waals surface area contributed by atoms with Crippen molar-refractivity contribution in [1.82, 2.24) is 4.90 Å². The van der Waals surface area contributed by atoms with E-state index in [1.807, 2.05) is 0 Å². The summed E-state index contributed by atoms with van der Waals surface area (Å²) in [5.74, 6) is -1.06. The van der Waals surface area contributed by atoms with E-state index in [1.165, 1.54) is 6.07 Å². The molecule has 1 heterocycles. The van der Waals surface area contributed by atoms with Crippen molar-refractivity contribution in [3.05, 3.63) is 29.8 Å². The van der Waals surface area contributed by atoms with Crippen molar-refractivity contribution in [2.24, 2.45) is 0 Å². The lowest BCUT2D eigenvalue weighted by Gasteiger charge is -2.31. The fraction of sp³-hybridized carbons (Fsp3) is 0.429. The number of hydrogen-bond acceptors (Lipinski definition) is 3. The molecule has 1 fully saturated rings. The average Bonchev–Trinajstić information content (AvgIpc) is 2.47. The van der Waals surface area contributed by atoms with Gasteiger partial charge in [-0.15, -0.1) is 0 Å². The molecule has 0 saturated carbocycles. The lowest BCUT2D eigenvalue weighted by atomic mass is 10.1. The third-order valence-electron chi connectivity index (χ3n) is 3.46. The van der Waals surface area contributed by atoms with Gasteiger partial charge in [-0.2, -0.15) is 0 Å². The van der Waals surface area contributed by atoms with Gasteiger partial charge in [0.05, 0.1) is 11.3 Å². The summed E-state index contributed by atoms with van der Waals surface area (Å²) in [6, 6.07) is 6.19. The van der Waals surface area contributed by atoms with Gasteiger partial charge in [-0.05, 0) is 25.0 Å². The summed E-state index contributed by atoms with van der Waals surface area (Å²) in [5, 5.41) is 11.7. The van der Waals surface area contributed by atoms with Crippen molar-refractivity contribution in [2.75, 3.05) is 25.6 Å². The molecule has 2 N–H and O–H groups in total. The van der Waals surface area contributed by atoms with E-state index in [9.17, 15) is 9.59 Å². The Morgan fingerprint density at radius 1 is 1.30 bits per heavy atom. The van der Waals surface area contributed by atoms with Crippen molar-refractivity contribution < 1.29 is 19.4 Å². The molecule has 1 saturated heterocycles. The number of benzene rings is 1. The largest absolute Gasteiger partial charge is 0.478 e. The highest BCUT2D eigenvalue weighted by molar-refractivity contribution is 5.99. The van der Waals surface area contributed by atoms with E-state index in [-0.39, 0.29) is 17.6 Å². The van der Waals surface area contributed by atoms with Crippen LogP contribution >= 0.6 is 0 Å². The zero-order chi connectivity index (χ0) is 14.5. The van der Waals surface area contributed by atoms with Crippen LogP contribution in [-0.2, 0) is 4.74 Å². The highest BCUT2D eigenvalue weighted by Crippen LogP contribution is 2.18. The number of carbonyl (C=O) groups is 2. The summed E-state index contributed by atoms with van der Waals surface area (Å²) in [6.45, 7) is 1.29. The molecule has 6 nitrogen and oxygen atoms in total. The standard InChI is InChI=1S/C14H18N2O4/c1-16(10-6-8-20-9-7-10)14(19)15-12-5-3-2-4-11(12)13(17)18/h2-5,10H,6-9H2,1H3,(H,15,19)(H,17,18). The van der Waals surface area contributed by atoms with Crippen LogP contribution in [0, 0.1) is 0 Å². The zero-order valence-electron chi connectivity index (χ0n) is 11.3. The molecule has 1 aliphatic rings. The Morgan fingerprint density at radius 2 is 1.95 bits per heavy atom. The number of nitrogens with zero attached hydrogens (tertiary/aromatic N) is 1. The molecule has 0 atom stereocenters. The van der Waals surface area contributed by atoms with E-state index in [0.717, 1.165) is 12.8 Å². The van der Waals surface area contributed by atoms with Gasteiger partial charge in [0.25, 0.3) is 0 Å². The summed E-state index contributed by atoms with van der Waals surface area (Å²) < 4.78 is 5.26. The molecule has 6 heteroatoms. The summed E-state index contributed by atoms with van der Waals surface area (Å²) in [5.41, 5.74) is 0.394. The lowest BCUT2D eigenvalue weighted by molar-refractivity contribution is 0.0544. The monoisotopic (exact) mass is 278 g/mol. The molecule has 108 valence electrons. The number of hydrogen-bond donors (Lipinski definition) is 2. The number of carboxylic acid groups (broad SMARTS) is 1. The van der Waals surface area contributed by atoms with Crippen LogP contribution < -0.4 is 5.32 Å². The number of amides is 2. The SMILES string of the molecule is CN(C(=O)Nc1ccccc1C(=O)O)C1CCOCC1. The van der Waals surface area contributed by atoms with Gasteiger partial charge in [0.2, 0.25) is 0 Å². The van der Waals surface area contributed by atoms with E-state index in [4.69, 9.17) is 9.84 Å². The van der Waals surface area contributed by atoms with Crippen LogP contribution in [0.25, 0.3) is 0 Å². The number of rotatable bonds is 3. The molecular formula is C14H18N2O4. The molecule has 1 aromatic carbocycles. The summed E-state index contributed by atoms with van der Waals surface area (Å²) >= 11 is 0. The first-order chi connectivity index (χ1) is 9.59. The summed E-state index contributed by atoms with van der Waals surface area (Å²) in [6.07, 6.45) is 1.59. The van der Waals surface area contributed by atoms with Crippen molar-refractivity contribution in [3.63, 3.8) is 0 Å². The number of urea groups is 1. The van der Waals surface area contributed by atoms with Crippen molar-refractivity contribution in [3.8, 4) is 0 Å². The van der Waals surface area contributed by atoms with Gasteiger partial charge >= 0.3 is 12.0 Å². The van der Waals surface area contributed by atoms with E-state index in [0.29, 0.717) is 18.9 Å². The molecule has 0 radical (unpaired) electrons. The van der Waals surface area contributed by atoms with Crippen LogP contribution in [0.1, 0.15) is 23.2 Å². The van der Waals surface area contributed by atoms with Gasteiger partial charge in [0, 0.05) is 26.3 Å². The number of anilines is 1. The number of ether oxygens (including phenoxy) is 1. The molecule has 0 aliphatic carbocycles. The second-order valence-corrected chi connectivity index (χ2v) is 4.74. The Bertz CT molecular complexity index is 498. The van der Waals surface area contributed by atoms with Gasteiger partial charge in [-0.25, -0.2) is 9.59 Å². The minimum atomic E-state index is -1.06. The van der Waals surface area contributed by atoms with E-state index >= 15 is 0 Å². The third-order valence-corrected chi connectivity index (χ3v) is 3.46. The Hall–Kier alpha value is -2.08. The molecule has 2 amide bonds. The third kappa shape index (κ3) is 3.27. The fourth-order valence-corrected chi connectivity index (χ4v) is 2.22. The first-order valence-electron chi connectivity index (χ1n) is 6.53. The molecule has 20 heavy (non-hydrogen) atoms. The van der Waals surface area contributed by atoms with Crippen LogP contribution in [0.3, 0.4) is 0 Å². The van der Waals surface area contributed by atoms with Crippen molar-refractivity contribution in [1.29, 1.82) is 0 Å². The van der Waals surface area contributed by atoms with Gasteiger partial charge in [0.15, 0.2) is 0 Å². The maximum Gasteiger partial charge on any atom is 0.337 e. The topological polar surface area (TPSA) is 78.9 Å². The molecule has 1 aliphatic heterocycles. The van der Waals surface area contributed by atoms with Gasteiger partial charge in [-0.1, -0.05) is 12.1 Å². The summed E-state index contributed by atoms with van der Waals surface area (Å²) in [7, 11) is 1.72. The first kappa shape index (κ1) is 14.3. The van der Waals surface area contributed by atoms with Gasteiger partial charge in [-0.3, -0.25) is 0 Å². The fourth-order valence-electron chi connectivity index (χ4n) is 2.22. The second-order valence-electron chi connectivity index (χ2n) is 4.74. The first-order valence-corrected chi connectivity index (χ1v) is 6.53. The van der Waals surface area contributed by atoms with Crippen LogP contribution in [0.15, 0.2) is 24.3 Å². The normalized spacial score (nSPS) is 15.7. The Morgan fingerprint density at radius 3 is 2.60 bits per heavy atom. The number of para-hydroxylation sites is 1. The van der Waals surface area contributed by atoms with Gasteiger partial charge < -0.3 is 20.1 Å². The number of aromatic carboxylic acids is 1. The number of carbonyl (C=O) groups excluding carboxylic acids is 1. The lowest BCUT2D eigenvalue weighted by Crippen LogP contribution is -2.43. The molecule has 0 unspecified atom stereocenters.